The number of carboxylic acids is 1. The summed E-state index contributed by atoms with van der Waals surface area (Å²) in [6, 6.07) is 17.8. The van der Waals surface area contributed by atoms with E-state index in [-0.39, 0.29) is 5.57 Å². The van der Waals surface area contributed by atoms with Crippen molar-refractivity contribution in [2.45, 2.75) is 0 Å². The molecule has 0 saturated heterocycles. The fourth-order valence-corrected chi connectivity index (χ4v) is 2.35. The summed E-state index contributed by atoms with van der Waals surface area (Å²) in [6.07, 6.45) is 0. The third-order valence-corrected chi connectivity index (χ3v) is 3.33. The number of carbonyl (C=O) groups is 1. The normalized spacial score (nSPS) is 10.7. The first kappa shape index (κ1) is 11.5. The van der Waals surface area contributed by atoms with Gasteiger partial charge in [0.25, 0.3) is 0 Å². The molecule has 0 atom stereocenters. The first-order valence-electron chi connectivity index (χ1n) is 6.01. The molecule has 3 aromatic carbocycles. The van der Waals surface area contributed by atoms with E-state index >= 15 is 0 Å². The van der Waals surface area contributed by atoms with E-state index < -0.39 is 5.97 Å². The first-order valence-corrected chi connectivity index (χ1v) is 6.01. The highest BCUT2D eigenvalue weighted by Crippen LogP contribution is 2.28. The fraction of sp³-hybridized carbons (Fsp3) is 0. The largest absolute Gasteiger partial charge is 0.478 e. The highest BCUT2D eigenvalue weighted by Gasteiger charge is 2.11. The van der Waals surface area contributed by atoms with E-state index in [2.05, 4.69) is 12.6 Å². The Morgan fingerprint density at radius 2 is 1.53 bits per heavy atom. The van der Waals surface area contributed by atoms with Crippen molar-refractivity contribution in [1.82, 2.24) is 0 Å². The fourth-order valence-electron chi connectivity index (χ4n) is 2.35. The Labute approximate surface area is 110 Å². The summed E-state index contributed by atoms with van der Waals surface area (Å²) in [5.74, 6) is -0.986. The molecule has 0 radical (unpaired) electrons. The van der Waals surface area contributed by atoms with Crippen LogP contribution >= 0.6 is 0 Å². The quantitative estimate of drug-likeness (QED) is 0.548. The maximum Gasteiger partial charge on any atom is 0.335 e. The summed E-state index contributed by atoms with van der Waals surface area (Å²) in [7, 11) is 0. The van der Waals surface area contributed by atoms with E-state index in [0.29, 0.717) is 5.56 Å². The van der Waals surface area contributed by atoms with Gasteiger partial charge in [-0.15, -0.1) is 0 Å². The van der Waals surface area contributed by atoms with Crippen LogP contribution in [0.4, 0.5) is 0 Å². The topological polar surface area (TPSA) is 37.3 Å². The zero-order valence-electron chi connectivity index (χ0n) is 10.3. The van der Waals surface area contributed by atoms with Crippen molar-refractivity contribution in [3.8, 4) is 0 Å². The van der Waals surface area contributed by atoms with Crippen molar-refractivity contribution < 1.29 is 9.90 Å². The van der Waals surface area contributed by atoms with E-state index in [1.165, 1.54) is 0 Å². The molecule has 0 aliphatic carbocycles. The molecule has 0 bridgehead atoms. The molecule has 0 aliphatic rings. The first-order chi connectivity index (χ1) is 9.16. The molecule has 0 heterocycles. The Kier molecular flexibility index (Phi) is 2.57. The molecule has 92 valence electrons. The molecule has 0 unspecified atom stereocenters. The van der Waals surface area contributed by atoms with Crippen molar-refractivity contribution >= 4 is 33.1 Å². The van der Waals surface area contributed by atoms with Gasteiger partial charge in [0.1, 0.15) is 0 Å². The van der Waals surface area contributed by atoms with Gasteiger partial charge in [-0.25, -0.2) is 4.79 Å². The average molecular weight is 248 g/mol. The molecule has 0 aliphatic heterocycles. The maximum absolute atomic E-state index is 11.1. The molecule has 3 aromatic rings. The molecule has 3 rings (SSSR count). The molecule has 0 saturated carbocycles. The number of carboxylic acid groups (broad SMARTS) is 1. The number of hydrogen-bond donors (Lipinski definition) is 1. The number of fused-ring (bicyclic) bond motifs is 2. The molecule has 2 heteroatoms. The van der Waals surface area contributed by atoms with Crippen LogP contribution in [0.25, 0.3) is 27.1 Å². The molecule has 0 amide bonds. The van der Waals surface area contributed by atoms with E-state index in [0.717, 1.165) is 21.5 Å². The molecule has 19 heavy (non-hydrogen) atoms. The summed E-state index contributed by atoms with van der Waals surface area (Å²) >= 11 is 0. The van der Waals surface area contributed by atoms with Crippen molar-refractivity contribution in [3.05, 3.63) is 66.7 Å². The minimum Gasteiger partial charge on any atom is -0.478 e. The molecule has 0 fully saturated rings. The predicted octanol–water partition coefficient (Wildman–Crippen LogP) is 4.09. The van der Waals surface area contributed by atoms with Gasteiger partial charge in [0.05, 0.1) is 5.57 Å². The van der Waals surface area contributed by atoms with Gasteiger partial charge >= 0.3 is 5.97 Å². The van der Waals surface area contributed by atoms with Crippen LogP contribution < -0.4 is 0 Å². The van der Waals surface area contributed by atoms with Gasteiger partial charge < -0.3 is 5.11 Å². The van der Waals surface area contributed by atoms with Gasteiger partial charge in [-0.05, 0) is 39.2 Å². The highest BCUT2D eigenvalue weighted by atomic mass is 16.4. The lowest BCUT2D eigenvalue weighted by atomic mass is 9.96. The van der Waals surface area contributed by atoms with Crippen LogP contribution in [0.2, 0.25) is 0 Å². The van der Waals surface area contributed by atoms with Gasteiger partial charge in [-0.3, -0.25) is 0 Å². The third kappa shape index (κ3) is 1.87. The highest BCUT2D eigenvalue weighted by molar-refractivity contribution is 6.19. The lowest BCUT2D eigenvalue weighted by Crippen LogP contribution is -1.98. The molecule has 0 spiro atoms. The number of rotatable bonds is 2. The molecular weight excluding hydrogens is 236 g/mol. The van der Waals surface area contributed by atoms with Crippen molar-refractivity contribution in [2.75, 3.05) is 0 Å². The molecule has 1 N–H and O–H groups in total. The minimum atomic E-state index is -0.986. The lowest BCUT2D eigenvalue weighted by molar-refractivity contribution is -0.130. The maximum atomic E-state index is 11.1. The van der Waals surface area contributed by atoms with Crippen LogP contribution in [0.5, 0.6) is 0 Å². The Balaban J connectivity index is 2.38. The number of aliphatic carboxylic acids is 1. The Morgan fingerprint density at radius 3 is 2.21 bits per heavy atom. The minimum absolute atomic E-state index is 0.126. The Hall–Kier alpha value is -2.61. The van der Waals surface area contributed by atoms with E-state index in [9.17, 15) is 4.79 Å². The monoisotopic (exact) mass is 248 g/mol. The van der Waals surface area contributed by atoms with Crippen LogP contribution in [-0.4, -0.2) is 11.1 Å². The van der Waals surface area contributed by atoms with Crippen LogP contribution in [-0.2, 0) is 4.79 Å². The zero-order chi connectivity index (χ0) is 13.4. The zero-order valence-corrected chi connectivity index (χ0v) is 10.3. The van der Waals surface area contributed by atoms with Crippen LogP contribution in [0.15, 0.2) is 61.2 Å². The Morgan fingerprint density at radius 1 is 0.895 bits per heavy atom. The second-order valence-corrected chi connectivity index (χ2v) is 4.51. The summed E-state index contributed by atoms with van der Waals surface area (Å²) < 4.78 is 0. The van der Waals surface area contributed by atoms with Gasteiger partial charge in [0, 0.05) is 0 Å². The summed E-state index contributed by atoms with van der Waals surface area (Å²) in [4.78, 5) is 11.1. The van der Waals surface area contributed by atoms with Gasteiger partial charge in [-0.2, -0.15) is 0 Å². The number of hydrogen-bond acceptors (Lipinski definition) is 1. The predicted molar refractivity (Wildman–Crippen MR) is 78.1 cm³/mol. The van der Waals surface area contributed by atoms with Crippen molar-refractivity contribution in [2.24, 2.45) is 0 Å². The second kappa shape index (κ2) is 4.25. The van der Waals surface area contributed by atoms with Crippen LogP contribution in [0.3, 0.4) is 0 Å². The van der Waals surface area contributed by atoms with Crippen molar-refractivity contribution in [3.63, 3.8) is 0 Å². The van der Waals surface area contributed by atoms with Gasteiger partial charge in [-0.1, -0.05) is 49.0 Å². The standard InChI is InChI=1S/C17H12O2/c1-11(17(18)19)15-8-4-7-14-9-12-5-2-3-6-13(12)10-16(14)15/h2-10H,1H2,(H,18,19). The SMILES string of the molecule is C=C(C(=O)O)c1cccc2cc3ccccc3cc12. The summed E-state index contributed by atoms with van der Waals surface area (Å²) in [5.41, 5.74) is 0.802. The average Bonchev–Trinajstić information content (AvgIpc) is 2.43. The smallest absolute Gasteiger partial charge is 0.335 e. The van der Waals surface area contributed by atoms with Crippen LogP contribution in [0, 0.1) is 0 Å². The summed E-state index contributed by atoms with van der Waals surface area (Å²) in [6.45, 7) is 3.66. The molecule has 2 nitrogen and oxygen atoms in total. The van der Waals surface area contributed by atoms with E-state index in [4.69, 9.17) is 5.11 Å². The second-order valence-electron chi connectivity index (χ2n) is 4.51. The molecule has 0 aromatic heterocycles. The van der Waals surface area contributed by atoms with Crippen LogP contribution in [0.1, 0.15) is 5.56 Å². The Bertz CT molecular complexity index is 816. The van der Waals surface area contributed by atoms with Gasteiger partial charge in [0.15, 0.2) is 0 Å². The number of benzene rings is 3. The van der Waals surface area contributed by atoms with Gasteiger partial charge in [0.2, 0.25) is 0 Å². The summed E-state index contributed by atoms with van der Waals surface area (Å²) in [5, 5.41) is 13.3. The van der Waals surface area contributed by atoms with E-state index in [1.54, 1.807) is 6.07 Å². The third-order valence-electron chi connectivity index (χ3n) is 3.33. The van der Waals surface area contributed by atoms with E-state index in [1.807, 2.05) is 42.5 Å². The van der Waals surface area contributed by atoms with Crippen molar-refractivity contribution in [1.29, 1.82) is 0 Å². The molecular formula is C17H12O2. The lowest BCUT2D eigenvalue weighted by Gasteiger charge is -2.08.